The summed E-state index contributed by atoms with van der Waals surface area (Å²) in [5, 5.41) is 2.40. The first-order valence-corrected chi connectivity index (χ1v) is 12.4. The maximum atomic E-state index is 13.4. The lowest BCUT2D eigenvalue weighted by Gasteiger charge is -2.18. The smallest absolute Gasteiger partial charge is 0.336 e. The van der Waals surface area contributed by atoms with E-state index in [1.165, 1.54) is 11.1 Å². The maximum Gasteiger partial charge on any atom is 0.336 e. The Morgan fingerprint density at radius 3 is 2.59 bits per heavy atom. The average molecular weight is 445 g/mol. The van der Waals surface area contributed by atoms with E-state index in [-0.39, 0.29) is 17.2 Å². The molecule has 6 rings (SSSR count). The molecule has 0 bridgehead atoms. The van der Waals surface area contributed by atoms with Gasteiger partial charge in [0.05, 0.1) is 10.9 Å². The van der Waals surface area contributed by atoms with Crippen LogP contribution in [0.4, 0.5) is 0 Å². The third-order valence-corrected chi connectivity index (χ3v) is 7.87. The third kappa shape index (κ3) is 3.37. The zero-order valence-corrected chi connectivity index (χ0v) is 18.6. The van der Waals surface area contributed by atoms with Crippen LogP contribution in [0.5, 0.6) is 0 Å². The second kappa shape index (κ2) is 7.93. The average Bonchev–Trinajstić information content (AvgIpc) is 3.48. The minimum absolute atomic E-state index is 0.0419. The van der Waals surface area contributed by atoms with Gasteiger partial charge in [-0.3, -0.25) is 9.36 Å². The highest BCUT2D eigenvalue weighted by molar-refractivity contribution is 7.98. The van der Waals surface area contributed by atoms with E-state index in [1.807, 2.05) is 34.9 Å². The molecule has 2 heterocycles. The third-order valence-electron chi connectivity index (χ3n) is 6.86. The predicted octanol–water partition coefficient (Wildman–Crippen LogP) is 5.40. The van der Waals surface area contributed by atoms with Gasteiger partial charge in [-0.05, 0) is 73.1 Å². The SMILES string of the molecule is O=c1cc(CSc2nc3ccccc3c(=O)n2C2CCCC2)c2cc3c(cc2o1)CCC3. The normalized spacial score (nSPS) is 16.2. The van der Waals surface area contributed by atoms with Gasteiger partial charge in [0.25, 0.3) is 5.56 Å². The molecular weight excluding hydrogens is 420 g/mol. The highest BCUT2D eigenvalue weighted by Gasteiger charge is 2.23. The lowest BCUT2D eigenvalue weighted by atomic mass is 10.0. The van der Waals surface area contributed by atoms with Crippen molar-refractivity contribution in [3.63, 3.8) is 0 Å². The molecule has 0 saturated heterocycles. The van der Waals surface area contributed by atoms with E-state index < -0.39 is 0 Å². The van der Waals surface area contributed by atoms with E-state index in [9.17, 15) is 9.59 Å². The van der Waals surface area contributed by atoms with Crippen LogP contribution in [0.1, 0.15) is 54.8 Å². The van der Waals surface area contributed by atoms with Gasteiger partial charge in [-0.2, -0.15) is 0 Å². The number of fused-ring (bicyclic) bond motifs is 3. The number of hydrogen-bond donors (Lipinski definition) is 0. The first-order chi connectivity index (χ1) is 15.7. The van der Waals surface area contributed by atoms with Crippen LogP contribution in [-0.2, 0) is 18.6 Å². The van der Waals surface area contributed by atoms with Gasteiger partial charge in [0.15, 0.2) is 5.16 Å². The Labute approximate surface area is 189 Å². The molecule has 1 fully saturated rings. The van der Waals surface area contributed by atoms with Crippen molar-refractivity contribution >= 4 is 33.6 Å². The zero-order valence-electron chi connectivity index (χ0n) is 17.8. The van der Waals surface area contributed by atoms with Gasteiger partial charge in [-0.15, -0.1) is 0 Å². The fourth-order valence-corrected chi connectivity index (χ4v) is 6.33. The molecule has 5 nitrogen and oxygen atoms in total. The Kier molecular flexibility index (Phi) is 4.90. The predicted molar refractivity (Wildman–Crippen MR) is 128 cm³/mol. The summed E-state index contributed by atoms with van der Waals surface area (Å²) in [7, 11) is 0. The maximum absolute atomic E-state index is 13.4. The van der Waals surface area contributed by atoms with Gasteiger partial charge in [0, 0.05) is 23.2 Å². The molecule has 2 aliphatic carbocycles. The Morgan fingerprint density at radius 2 is 1.75 bits per heavy atom. The number of aryl methyl sites for hydroxylation is 2. The summed E-state index contributed by atoms with van der Waals surface area (Å²) in [5.74, 6) is 0.568. The Morgan fingerprint density at radius 1 is 0.969 bits per heavy atom. The number of nitrogens with zero attached hydrogens (tertiary/aromatic N) is 2. The van der Waals surface area contributed by atoms with Gasteiger partial charge in [0.1, 0.15) is 5.58 Å². The van der Waals surface area contributed by atoms with E-state index in [0.717, 1.165) is 66.6 Å². The number of thioether (sulfide) groups is 1. The van der Waals surface area contributed by atoms with Crippen molar-refractivity contribution in [3.8, 4) is 0 Å². The van der Waals surface area contributed by atoms with E-state index in [1.54, 1.807) is 17.8 Å². The highest BCUT2D eigenvalue weighted by Crippen LogP contribution is 2.34. The minimum atomic E-state index is -0.328. The van der Waals surface area contributed by atoms with E-state index in [0.29, 0.717) is 16.7 Å². The highest BCUT2D eigenvalue weighted by atomic mass is 32.2. The lowest BCUT2D eigenvalue weighted by molar-refractivity contribution is 0.457. The van der Waals surface area contributed by atoms with Crippen molar-refractivity contribution in [1.82, 2.24) is 9.55 Å². The van der Waals surface area contributed by atoms with Crippen LogP contribution >= 0.6 is 11.8 Å². The largest absolute Gasteiger partial charge is 0.423 e. The molecule has 2 aliphatic rings. The molecule has 0 radical (unpaired) electrons. The Hall–Kier alpha value is -2.86. The van der Waals surface area contributed by atoms with Crippen LogP contribution in [0.2, 0.25) is 0 Å². The molecular formula is C26H24N2O3S. The van der Waals surface area contributed by atoms with Gasteiger partial charge in [-0.1, -0.05) is 36.7 Å². The number of rotatable bonds is 4. The van der Waals surface area contributed by atoms with Crippen LogP contribution in [0, 0.1) is 0 Å². The molecule has 2 aromatic carbocycles. The quantitative estimate of drug-likeness (QED) is 0.240. The molecule has 32 heavy (non-hydrogen) atoms. The molecule has 6 heteroatoms. The summed E-state index contributed by atoms with van der Waals surface area (Å²) < 4.78 is 7.43. The van der Waals surface area contributed by atoms with E-state index in [2.05, 4.69) is 6.07 Å². The molecule has 0 unspecified atom stereocenters. The molecule has 2 aromatic heterocycles. The molecule has 1 saturated carbocycles. The topological polar surface area (TPSA) is 65.1 Å². The lowest BCUT2D eigenvalue weighted by Crippen LogP contribution is -2.26. The molecule has 0 amide bonds. The molecule has 0 atom stereocenters. The summed E-state index contributed by atoms with van der Waals surface area (Å²) in [6, 6.07) is 13.6. The summed E-state index contributed by atoms with van der Waals surface area (Å²) in [4.78, 5) is 30.5. The van der Waals surface area contributed by atoms with Crippen molar-refractivity contribution in [2.24, 2.45) is 0 Å². The number of aromatic nitrogens is 2. The Balaban J connectivity index is 1.44. The van der Waals surface area contributed by atoms with Crippen molar-refractivity contribution in [3.05, 3.63) is 79.9 Å². The Bertz CT molecular complexity index is 1460. The standard InChI is InChI=1S/C26H24N2O3S/c29-24-14-18(21-12-16-6-5-7-17(16)13-23(21)31-24)15-32-26-27-22-11-4-3-10-20(22)25(30)28(26)19-8-1-2-9-19/h3-4,10-14,19H,1-2,5-9,15H2. The number of benzene rings is 2. The summed E-state index contributed by atoms with van der Waals surface area (Å²) in [6.45, 7) is 0. The fourth-order valence-electron chi connectivity index (χ4n) is 5.27. The first-order valence-electron chi connectivity index (χ1n) is 11.4. The zero-order chi connectivity index (χ0) is 21.7. The number of hydrogen-bond acceptors (Lipinski definition) is 5. The van der Waals surface area contributed by atoms with Crippen LogP contribution in [0.3, 0.4) is 0 Å². The van der Waals surface area contributed by atoms with Gasteiger partial charge in [-0.25, -0.2) is 9.78 Å². The molecule has 0 N–H and O–H groups in total. The molecule has 0 aliphatic heterocycles. The molecule has 162 valence electrons. The summed E-state index contributed by atoms with van der Waals surface area (Å²) in [5.41, 5.74) is 4.68. The van der Waals surface area contributed by atoms with E-state index >= 15 is 0 Å². The second-order valence-corrected chi connectivity index (χ2v) is 9.82. The number of para-hydroxylation sites is 1. The van der Waals surface area contributed by atoms with Crippen molar-refractivity contribution < 1.29 is 4.42 Å². The minimum Gasteiger partial charge on any atom is -0.423 e. The van der Waals surface area contributed by atoms with Crippen LogP contribution < -0.4 is 11.2 Å². The fraction of sp³-hybridized carbons (Fsp3) is 0.346. The van der Waals surface area contributed by atoms with Gasteiger partial charge in [0.2, 0.25) is 0 Å². The van der Waals surface area contributed by atoms with Crippen LogP contribution in [0.25, 0.3) is 21.9 Å². The second-order valence-electron chi connectivity index (χ2n) is 8.87. The van der Waals surface area contributed by atoms with Crippen LogP contribution in [0.15, 0.2) is 61.6 Å². The first kappa shape index (κ1) is 19.8. The van der Waals surface area contributed by atoms with Gasteiger partial charge >= 0.3 is 5.63 Å². The van der Waals surface area contributed by atoms with Crippen molar-refractivity contribution in [2.45, 2.75) is 61.9 Å². The van der Waals surface area contributed by atoms with Crippen LogP contribution in [-0.4, -0.2) is 9.55 Å². The monoisotopic (exact) mass is 444 g/mol. The molecule has 0 spiro atoms. The van der Waals surface area contributed by atoms with E-state index in [4.69, 9.17) is 9.40 Å². The summed E-state index contributed by atoms with van der Waals surface area (Å²) in [6.07, 6.45) is 7.57. The van der Waals surface area contributed by atoms with Gasteiger partial charge < -0.3 is 4.42 Å². The van der Waals surface area contributed by atoms with Crippen molar-refractivity contribution in [1.29, 1.82) is 0 Å². The summed E-state index contributed by atoms with van der Waals surface area (Å²) >= 11 is 1.54. The van der Waals surface area contributed by atoms with Crippen molar-refractivity contribution in [2.75, 3.05) is 0 Å². The molecule has 4 aromatic rings.